The maximum Gasteiger partial charge on any atom is 0.224 e. The zero-order chi connectivity index (χ0) is 23.8. The van der Waals surface area contributed by atoms with Gasteiger partial charge in [-0.25, -0.2) is 0 Å². The minimum atomic E-state index is -0.161. The second kappa shape index (κ2) is 16.2. The molecule has 0 saturated heterocycles. The molecular formula is C29H51NO2. The standard InChI is InChI=1S/C29H51NO2/c1-6-7-8-9-10-11-12-13-14-15-16-17-18-19-20-21-28(32)30-26-23-25(29(3,4)5)27(31)22-24(26)2/h22-23,31H,6-21H2,1-5H3,(H,30,32). The first-order valence-corrected chi connectivity index (χ1v) is 13.4. The number of unbranched alkanes of at least 4 members (excludes halogenated alkanes) is 14. The molecule has 0 bridgehead atoms. The SMILES string of the molecule is CCCCCCCCCCCCCCCCCC(=O)Nc1cc(C(C)(C)C)c(O)cc1C. The third-order valence-corrected chi connectivity index (χ3v) is 6.43. The first-order valence-electron chi connectivity index (χ1n) is 13.4. The van der Waals surface area contributed by atoms with E-state index in [2.05, 4.69) is 33.0 Å². The number of rotatable bonds is 17. The number of amides is 1. The van der Waals surface area contributed by atoms with Crippen molar-refractivity contribution in [3.05, 3.63) is 23.3 Å². The Hall–Kier alpha value is -1.51. The van der Waals surface area contributed by atoms with Crippen LogP contribution in [0.5, 0.6) is 5.75 Å². The average Bonchev–Trinajstić information content (AvgIpc) is 2.72. The summed E-state index contributed by atoms with van der Waals surface area (Å²) < 4.78 is 0. The van der Waals surface area contributed by atoms with Crippen molar-refractivity contribution in [1.82, 2.24) is 0 Å². The number of phenolic OH excluding ortho intramolecular Hbond substituents is 1. The summed E-state index contributed by atoms with van der Waals surface area (Å²) in [6.45, 7) is 10.4. The Balaban J connectivity index is 2.07. The summed E-state index contributed by atoms with van der Waals surface area (Å²) in [4.78, 5) is 12.4. The number of benzene rings is 1. The summed E-state index contributed by atoms with van der Waals surface area (Å²) >= 11 is 0. The van der Waals surface area contributed by atoms with Crippen LogP contribution in [0, 0.1) is 6.92 Å². The Morgan fingerprint density at radius 1 is 0.781 bits per heavy atom. The summed E-state index contributed by atoms with van der Waals surface area (Å²) in [6.07, 6.45) is 20.5. The van der Waals surface area contributed by atoms with Crippen LogP contribution in [0.1, 0.15) is 142 Å². The van der Waals surface area contributed by atoms with Gasteiger partial charge in [0.25, 0.3) is 0 Å². The molecule has 0 heterocycles. The lowest BCUT2D eigenvalue weighted by molar-refractivity contribution is -0.116. The van der Waals surface area contributed by atoms with E-state index in [-0.39, 0.29) is 11.3 Å². The van der Waals surface area contributed by atoms with Crippen LogP contribution < -0.4 is 5.32 Å². The Bertz CT molecular complexity index is 645. The van der Waals surface area contributed by atoms with Gasteiger partial charge in [0.1, 0.15) is 5.75 Å². The first kappa shape index (κ1) is 28.5. The van der Waals surface area contributed by atoms with Crippen molar-refractivity contribution in [2.24, 2.45) is 0 Å². The fraction of sp³-hybridized carbons (Fsp3) is 0.759. The number of carbonyl (C=O) groups is 1. The third kappa shape index (κ3) is 12.5. The second-order valence-corrected chi connectivity index (χ2v) is 10.7. The van der Waals surface area contributed by atoms with E-state index >= 15 is 0 Å². The molecule has 2 N–H and O–H groups in total. The van der Waals surface area contributed by atoms with Gasteiger partial charge < -0.3 is 10.4 Å². The van der Waals surface area contributed by atoms with Crippen molar-refractivity contribution >= 4 is 11.6 Å². The Labute approximate surface area is 198 Å². The molecule has 0 fully saturated rings. The summed E-state index contributed by atoms with van der Waals surface area (Å²) in [5, 5.41) is 13.3. The van der Waals surface area contributed by atoms with Crippen molar-refractivity contribution in [3.63, 3.8) is 0 Å². The molecule has 0 aliphatic rings. The quantitative estimate of drug-likeness (QED) is 0.185. The fourth-order valence-electron chi connectivity index (χ4n) is 4.30. The van der Waals surface area contributed by atoms with Crippen LogP contribution in [0.4, 0.5) is 5.69 Å². The van der Waals surface area contributed by atoms with Crippen LogP contribution >= 0.6 is 0 Å². The Kier molecular flexibility index (Phi) is 14.4. The molecule has 0 spiro atoms. The summed E-state index contributed by atoms with van der Waals surface area (Å²) in [6, 6.07) is 3.68. The molecule has 0 aliphatic heterocycles. The lowest BCUT2D eigenvalue weighted by Gasteiger charge is -2.22. The van der Waals surface area contributed by atoms with Gasteiger partial charge in [-0.3, -0.25) is 4.79 Å². The van der Waals surface area contributed by atoms with Crippen molar-refractivity contribution in [2.75, 3.05) is 5.32 Å². The van der Waals surface area contributed by atoms with Crippen LogP contribution in [0.2, 0.25) is 0 Å². The third-order valence-electron chi connectivity index (χ3n) is 6.43. The average molecular weight is 446 g/mol. The van der Waals surface area contributed by atoms with Crippen LogP contribution in [0.3, 0.4) is 0 Å². The Morgan fingerprint density at radius 2 is 1.22 bits per heavy atom. The lowest BCUT2D eigenvalue weighted by atomic mass is 9.85. The van der Waals surface area contributed by atoms with Crippen molar-refractivity contribution < 1.29 is 9.90 Å². The van der Waals surface area contributed by atoms with E-state index in [9.17, 15) is 9.90 Å². The van der Waals surface area contributed by atoms with Crippen LogP contribution in [0.15, 0.2) is 12.1 Å². The molecule has 0 aromatic heterocycles. The largest absolute Gasteiger partial charge is 0.508 e. The molecule has 0 aliphatic carbocycles. The van der Waals surface area contributed by atoms with Gasteiger partial charge in [-0.15, -0.1) is 0 Å². The highest BCUT2D eigenvalue weighted by Gasteiger charge is 2.20. The number of aryl methyl sites for hydroxylation is 1. The van der Waals surface area contributed by atoms with E-state index in [1.165, 1.54) is 83.5 Å². The summed E-state index contributed by atoms with van der Waals surface area (Å²) in [5.41, 5.74) is 2.43. The van der Waals surface area contributed by atoms with Gasteiger partial charge in [0.2, 0.25) is 5.91 Å². The highest BCUT2D eigenvalue weighted by atomic mass is 16.3. The zero-order valence-corrected chi connectivity index (χ0v) is 21.8. The van der Waals surface area contributed by atoms with Crippen molar-refractivity contribution in [2.45, 2.75) is 143 Å². The number of carbonyl (C=O) groups excluding carboxylic acids is 1. The minimum Gasteiger partial charge on any atom is -0.508 e. The van der Waals surface area contributed by atoms with Gasteiger partial charge in [0, 0.05) is 17.7 Å². The number of aromatic hydroxyl groups is 1. The highest BCUT2D eigenvalue weighted by molar-refractivity contribution is 5.91. The number of nitrogens with one attached hydrogen (secondary N) is 1. The highest BCUT2D eigenvalue weighted by Crippen LogP contribution is 2.34. The zero-order valence-electron chi connectivity index (χ0n) is 21.8. The number of hydrogen-bond acceptors (Lipinski definition) is 2. The van der Waals surface area contributed by atoms with Gasteiger partial charge in [0.05, 0.1) is 0 Å². The van der Waals surface area contributed by atoms with Gasteiger partial charge in [-0.05, 0) is 36.5 Å². The van der Waals surface area contributed by atoms with Gasteiger partial charge in [-0.2, -0.15) is 0 Å². The van der Waals surface area contributed by atoms with E-state index in [1.807, 2.05) is 13.0 Å². The van der Waals surface area contributed by atoms with E-state index in [0.29, 0.717) is 12.2 Å². The molecule has 1 rings (SSSR count). The monoisotopic (exact) mass is 445 g/mol. The molecule has 32 heavy (non-hydrogen) atoms. The molecule has 1 aromatic rings. The predicted octanol–water partition coefficient (Wildman–Crippen LogP) is 9.20. The van der Waals surface area contributed by atoms with Crippen LogP contribution in [-0.2, 0) is 10.2 Å². The van der Waals surface area contributed by atoms with Crippen LogP contribution in [0.25, 0.3) is 0 Å². The van der Waals surface area contributed by atoms with Crippen LogP contribution in [-0.4, -0.2) is 11.0 Å². The summed E-state index contributed by atoms with van der Waals surface area (Å²) in [5.74, 6) is 0.378. The van der Waals surface area contributed by atoms with Crippen molar-refractivity contribution in [3.8, 4) is 5.75 Å². The number of hydrogen-bond donors (Lipinski definition) is 2. The van der Waals surface area contributed by atoms with E-state index in [0.717, 1.165) is 29.7 Å². The van der Waals surface area contributed by atoms with E-state index in [1.54, 1.807) is 6.07 Å². The molecule has 1 aromatic carbocycles. The molecule has 1 amide bonds. The second-order valence-electron chi connectivity index (χ2n) is 10.7. The molecule has 0 saturated carbocycles. The molecular weight excluding hydrogens is 394 g/mol. The first-order chi connectivity index (χ1) is 15.3. The van der Waals surface area contributed by atoms with Crippen molar-refractivity contribution in [1.29, 1.82) is 0 Å². The van der Waals surface area contributed by atoms with Gasteiger partial charge in [-0.1, -0.05) is 118 Å². The Morgan fingerprint density at radius 3 is 1.66 bits per heavy atom. The number of phenols is 1. The molecule has 0 unspecified atom stereocenters. The lowest BCUT2D eigenvalue weighted by Crippen LogP contribution is -2.15. The summed E-state index contributed by atoms with van der Waals surface area (Å²) in [7, 11) is 0. The molecule has 0 atom stereocenters. The normalized spacial score (nSPS) is 11.7. The van der Waals surface area contributed by atoms with Gasteiger partial charge >= 0.3 is 0 Å². The molecule has 3 nitrogen and oxygen atoms in total. The fourth-order valence-corrected chi connectivity index (χ4v) is 4.30. The minimum absolute atomic E-state index is 0.0772. The molecule has 3 heteroatoms. The number of anilines is 1. The topological polar surface area (TPSA) is 49.3 Å². The molecule has 0 radical (unpaired) electrons. The van der Waals surface area contributed by atoms with E-state index < -0.39 is 0 Å². The molecule has 184 valence electrons. The smallest absolute Gasteiger partial charge is 0.224 e. The van der Waals surface area contributed by atoms with E-state index in [4.69, 9.17) is 0 Å². The maximum atomic E-state index is 12.4. The maximum absolute atomic E-state index is 12.4. The predicted molar refractivity (Wildman–Crippen MR) is 140 cm³/mol. The van der Waals surface area contributed by atoms with Gasteiger partial charge in [0.15, 0.2) is 0 Å².